The fraction of sp³-hybridized carbons (Fsp3) is 0.294. The molecule has 1 saturated heterocycles. The lowest BCUT2D eigenvalue weighted by Gasteiger charge is -2.16. The zero-order chi connectivity index (χ0) is 13.9. The SMILES string of the molecule is COc1ccc(C2CCC(c3ccccc3Cl)N2)cc1. The Morgan fingerprint density at radius 1 is 1.00 bits per heavy atom. The van der Waals surface area contributed by atoms with Gasteiger partial charge >= 0.3 is 0 Å². The molecule has 3 rings (SSSR count). The Morgan fingerprint density at radius 3 is 2.40 bits per heavy atom. The van der Waals surface area contributed by atoms with Gasteiger partial charge in [0.15, 0.2) is 0 Å². The van der Waals surface area contributed by atoms with Gasteiger partial charge in [0.2, 0.25) is 0 Å². The molecule has 2 atom stereocenters. The van der Waals surface area contributed by atoms with Gasteiger partial charge < -0.3 is 10.1 Å². The third kappa shape index (κ3) is 2.67. The Balaban J connectivity index is 1.74. The molecule has 0 spiro atoms. The second-order valence-electron chi connectivity index (χ2n) is 5.14. The van der Waals surface area contributed by atoms with E-state index in [9.17, 15) is 0 Å². The first-order valence-electron chi connectivity index (χ1n) is 6.92. The highest BCUT2D eigenvalue weighted by molar-refractivity contribution is 6.31. The quantitative estimate of drug-likeness (QED) is 0.896. The minimum absolute atomic E-state index is 0.343. The summed E-state index contributed by atoms with van der Waals surface area (Å²) in [7, 11) is 1.69. The Hall–Kier alpha value is -1.51. The van der Waals surface area contributed by atoms with Crippen LogP contribution in [0.25, 0.3) is 0 Å². The van der Waals surface area contributed by atoms with Crippen molar-refractivity contribution in [2.75, 3.05) is 7.11 Å². The van der Waals surface area contributed by atoms with Gasteiger partial charge in [-0.05, 0) is 42.2 Å². The van der Waals surface area contributed by atoms with Gasteiger partial charge in [0.25, 0.3) is 0 Å². The highest BCUT2D eigenvalue weighted by Crippen LogP contribution is 2.37. The minimum atomic E-state index is 0.343. The van der Waals surface area contributed by atoms with Crippen molar-refractivity contribution in [2.45, 2.75) is 24.9 Å². The molecule has 2 aromatic rings. The number of halogens is 1. The maximum Gasteiger partial charge on any atom is 0.118 e. The molecule has 0 saturated carbocycles. The van der Waals surface area contributed by atoms with Gasteiger partial charge in [-0.15, -0.1) is 0 Å². The number of ether oxygens (including phenoxy) is 1. The summed E-state index contributed by atoms with van der Waals surface area (Å²) in [6.45, 7) is 0. The van der Waals surface area contributed by atoms with Crippen molar-refractivity contribution in [1.82, 2.24) is 5.32 Å². The minimum Gasteiger partial charge on any atom is -0.497 e. The summed E-state index contributed by atoms with van der Waals surface area (Å²) in [4.78, 5) is 0. The van der Waals surface area contributed by atoms with Gasteiger partial charge in [-0.1, -0.05) is 41.9 Å². The monoisotopic (exact) mass is 287 g/mol. The Morgan fingerprint density at radius 2 is 1.70 bits per heavy atom. The molecule has 0 aliphatic carbocycles. The van der Waals surface area contributed by atoms with Gasteiger partial charge in [0.05, 0.1) is 7.11 Å². The largest absolute Gasteiger partial charge is 0.497 e. The first-order chi connectivity index (χ1) is 9.78. The van der Waals surface area contributed by atoms with Crippen molar-refractivity contribution in [3.8, 4) is 5.75 Å². The fourth-order valence-corrected chi connectivity index (χ4v) is 3.11. The lowest BCUT2D eigenvalue weighted by Crippen LogP contribution is -2.17. The van der Waals surface area contributed by atoms with E-state index in [1.807, 2.05) is 30.3 Å². The Kier molecular flexibility index (Phi) is 3.95. The molecule has 1 aliphatic heterocycles. The van der Waals surface area contributed by atoms with Crippen LogP contribution in [0.3, 0.4) is 0 Å². The molecule has 1 heterocycles. The maximum absolute atomic E-state index is 6.28. The molecule has 0 aromatic heterocycles. The van der Waals surface area contributed by atoms with Gasteiger partial charge in [0, 0.05) is 17.1 Å². The average molecular weight is 288 g/mol. The molecule has 1 fully saturated rings. The lowest BCUT2D eigenvalue weighted by molar-refractivity contribution is 0.414. The third-order valence-corrected chi connectivity index (χ3v) is 4.29. The zero-order valence-electron chi connectivity index (χ0n) is 11.5. The maximum atomic E-state index is 6.28. The highest BCUT2D eigenvalue weighted by Gasteiger charge is 2.27. The number of methoxy groups -OCH3 is 1. The van der Waals surface area contributed by atoms with Crippen molar-refractivity contribution < 1.29 is 4.74 Å². The Bertz CT molecular complexity index is 582. The summed E-state index contributed by atoms with van der Waals surface area (Å²) in [5.74, 6) is 0.898. The van der Waals surface area contributed by atoms with E-state index in [0.29, 0.717) is 12.1 Å². The van der Waals surface area contributed by atoms with Crippen molar-refractivity contribution >= 4 is 11.6 Å². The summed E-state index contributed by atoms with van der Waals surface area (Å²) in [6.07, 6.45) is 2.24. The standard InChI is InChI=1S/C17H18ClNO/c1-20-13-8-6-12(7-9-13)16-10-11-17(19-16)14-4-2-3-5-15(14)18/h2-9,16-17,19H,10-11H2,1H3. The van der Waals surface area contributed by atoms with Crippen molar-refractivity contribution in [3.63, 3.8) is 0 Å². The predicted molar refractivity (Wildman–Crippen MR) is 82.3 cm³/mol. The molecule has 0 bridgehead atoms. The molecule has 104 valence electrons. The molecule has 2 aromatic carbocycles. The number of benzene rings is 2. The molecule has 1 aliphatic rings. The van der Waals surface area contributed by atoms with E-state index >= 15 is 0 Å². The molecule has 20 heavy (non-hydrogen) atoms. The van der Waals surface area contributed by atoms with Crippen LogP contribution < -0.4 is 10.1 Å². The molecule has 2 nitrogen and oxygen atoms in total. The first kappa shape index (κ1) is 13.5. The van der Waals surface area contributed by atoms with Crippen molar-refractivity contribution in [1.29, 1.82) is 0 Å². The first-order valence-corrected chi connectivity index (χ1v) is 7.30. The highest BCUT2D eigenvalue weighted by atomic mass is 35.5. The second kappa shape index (κ2) is 5.86. The van der Waals surface area contributed by atoms with Crippen LogP contribution in [0.1, 0.15) is 36.1 Å². The number of hydrogen-bond acceptors (Lipinski definition) is 2. The fourth-order valence-electron chi connectivity index (χ4n) is 2.84. The smallest absolute Gasteiger partial charge is 0.118 e. The lowest BCUT2D eigenvalue weighted by atomic mass is 10.0. The second-order valence-corrected chi connectivity index (χ2v) is 5.55. The Labute approximate surface area is 124 Å². The van der Waals surface area contributed by atoms with E-state index in [4.69, 9.17) is 16.3 Å². The van der Waals surface area contributed by atoms with Crippen LogP contribution >= 0.6 is 11.6 Å². The average Bonchev–Trinajstić information content (AvgIpc) is 2.97. The molecular weight excluding hydrogens is 270 g/mol. The summed E-state index contributed by atoms with van der Waals surface area (Å²) >= 11 is 6.28. The van der Waals surface area contributed by atoms with E-state index in [0.717, 1.165) is 23.6 Å². The normalized spacial score (nSPS) is 21.9. The van der Waals surface area contributed by atoms with Crippen molar-refractivity contribution in [2.24, 2.45) is 0 Å². The van der Waals surface area contributed by atoms with Gasteiger partial charge in [-0.3, -0.25) is 0 Å². The number of hydrogen-bond donors (Lipinski definition) is 1. The van der Waals surface area contributed by atoms with E-state index in [1.54, 1.807) is 7.11 Å². The van der Waals surface area contributed by atoms with Gasteiger partial charge in [0.1, 0.15) is 5.75 Å². The molecule has 0 amide bonds. The van der Waals surface area contributed by atoms with Crippen LogP contribution in [0.15, 0.2) is 48.5 Å². The predicted octanol–water partition coefficient (Wildman–Crippen LogP) is 4.51. The van der Waals surface area contributed by atoms with Crippen LogP contribution in [-0.4, -0.2) is 7.11 Å². The third-order valence-electron chi connectivity index (χ3n) is 3.95. The van der Waals surface area contributed by atoms with Gasteiger partial charge in [-0.2, -0.15) is 0 Å². The van der Waals surface area contributed by atoms with E-state index in [-0.39, 0.29) is 0 Å². The molecular formula is C17H18ClNO. The summed E-state index contributed by atoms with van der Waals surface area (Å²) in [5.41, 5.74) is 2.51. The van der Waals surface area contributed by atoms with E-state index in [1.165, 1.54) is 11.1 Å². The number of nitrogens with one attached hydrogen (secondary N) is 1. The zero-order valence-corrected chi connectivity index (χ0v) is 12.2. The number of rotatable bonds is 3. The van der Waals surface area contributed by atoms with Crippen molar-refractivity contribution in [3.05, 3.63) is 64.7 Å². The van der Waals surface area contributed by atoms with Crippen LogP contribution in [-0.2, 0) is 0 Å². The molecule has 1 N–H and O–H groups in total. The summed E-state index contributed by atoms with van der Waals surface area (Å²) in [5, 5.41) is 4.52. The van der Waals surface area contributed by atoms with E-state index in [2.05, 4.69) is 23.5 Å². The van der Waals surface area contributed by atoms with E-state index < -0.39 is 0 Å². The molecule has 0 radical (unpaired) electrons. The summed E-state index contributed by atoms with van der Waals surface area (Å²) in [6, 6.07) is 17.1. The molecule has 2 unspecified atom stereocenters. The van der Waals surface area contributed by atoms with Crippen LogP contribution in [0.4, 0.5) is 0 Å². The topological polar surface area (TPSA) is 21.3 Å². The van der Waals surface area contributed by atoms with Gasteiger partial charge in [-0.25, -0.2) is 0 Å². The summed E-state index contributed by atoms with van der Waals surface area (Å²) < 4.78 is 5.20. The molecule has 3 heteroatoms. The van der Waals surface area contributed by atoms with Crippen LogP contribution in [0.2, 0.25) is 5.02 Å². The van der Waals surface area contributed by atoms with Crippen LogP contribution in [0, 0.1) is 0 Å². The van der Waals surface area contributed by atoms with Crippen LogP contribution in [0.5, 0.6) is 5.75 Å².